The second kappa shape index (κ2) is 10.4. The Morgan fingerprint density at radius 3 is 2.40 bits per heavy atom. The first kappa shape index (κ1) is 22.2. The Hall–Kier alpha value is -0.830. The molecule has 25 heavy (non-hydrogen) atoms. The monoisotopic (exact) mass is 478 g/mol. The van der Waals surface area contributed by atoms with Gasteiger partial charge in [0.25, 0.3) is 0 Å². The van der Waals surface area contributed by atoms with E-state index < -0.39 is 0 Å². The third-order valence-corrected chi connectivity index (χ3v) is 5.96. The summed E-state index contributed by atoms with van der Waals surface area (Å²) in [6.07, 6.45) is 5.24. The molecular weight excluding hydrogens is 447 g/mol. The van der Waals surface area contributed by atoms with Gasteiger partial charge in [0.15, 0.2) is 5.96 Å². The molecule has 0 unspecified atom stereocenters. The summed E-state index contributed by atoms with van der Waals surface area (Å²) in [7, 11) is 5.46. The van der Waals surface area contributed by atoms with Crippen LogP contribution in [-0.2, 0) is 17.8 Å². The number of carbonyl (C=O) groups is 1. The number of nitrogens with zero attached hydrogens (tertiary/aromatic N) is 2. The van der Waals surface area contributed by atoms with Gasteiger partial charge in [-0.2, -0.15) is 0 Å². The lowest BCUT2D eigenvalue weighted by atomic mass is 9.84. The number of guanidine groups is 1. The Balaban J connectivity index is 0.00000312. The molecule has 0 spiro atoms. The minimum atomic E-state index is -0.278. The van der Waals surface area contributed by atoms with E-state index in [1.165, 1.54) is 9.75 Å². The van der Waals surface area contributed by atoms with Crippen LogP contribution in [-0.4, -0.2) is 44.5 Å². The average Bonchev–Trinajstić information content (AvgIpc) is 3.24. The average molecular weight is 478 g/mol. The van der Waals surface area contributed by atoms with Gasteiger partial charge in [0.05, 0.1) is 12.0 Å². The van der Waals surface area contributed by atoms with Crippen LogP contribution in [0.3, 0.4) is 0 Å². The summed E-state index contributed by atoms with van der Waals surface area (Å²) >= 11 is 1.83. The number of aryl methyl sites for hydroxylation is 1. The molecule has 142 valence electrons. The van der Waals surface area contributed by atoms with Gasteiger partial charge in [-0.3, -0.25) is 9.79 Å². The maximum Gasteiger partial charge on any atom is 0.230 e. The van der Waals surface area contributed by atoms with E-state index in [0.717, 1.165) is 44.6 Å². The second-order valence-electron chi connectivity index (χ2n) is 6.69. The van der Waals surface area contributed by atoms with Gasteiger partial charge in [0.2, 0.25) is 5.91 Å². The maximum absolute atomic E-state index is 12.6. The molecule has 1 saturated carbocycles. The summed E-state index contributed by atoms with van der Waals surface area (Å²) in [5.41, 5.74) is -0.278. The molecule has 0 aliphatic heterocycles. The molecule has 0 aromatic carbocycles. The summed E-state index contributed by atoms with van der Waals surface area (Å²) in [4.78, 5) is 21.3. The molecule has 1 fully saturated rings. The number of thiophene rings is 1. The second-order valence-corrected chi connectivity index (χ2v) is 7.94. The topological polar surface area (TPSA) is 56.7 Å². The van der Waals surface area contributed by atoms with E-state index in [4.69, 9.17) is 0 Å². The summed E-state index contributed by atoms with van der Waals surface area (Å²) in [6, 6.07) is 4.35. The van der Waals surface area contributed by atoms with E-state index in [2.05, 4.69) is 34.7 Å². The number of hydrogen-bond donors (Lipinski definition) is 2. The Bertz CT molecular complexity index is 579. The van der Waals surface area contributed by atoms with E-state index >= 15 is 0 Å². The molecule has 1 heterocycles. The zero-order chi connectivity index (χ0) is 17.6. The summed E-state index contributed by atoms with van der Waals surface area (Å²) < 4.78 is 0. The molecule has 5 nitrogen and oxygen atoms in total. The first-order valence-electron chi connectivity index (χ1n) is 8.74. The zero-order valence-electron chi connectivity index (χ0n) is 15.7. The van der Waals surface area contributed by atoms with Crippen LogP contribution < -0.4 is 10.6 Å². The van der Waals surface area contributed by atoms with Crippen molar-refractivity contribution >= 4 is 47.2 Å². The number of halogens is 1. The SMILES string of the molecule is CCc1ccc(CNC(=NC)NCC2(C(=O)N(C)C)CCCC2)s1.I. The molecule has 2 rings (SSSR count). The molecule has 1 aromatic rings. The number of rotatable bonds is 6. The highest BCUT2D eigenvalue weighted by atomic mass is 127. The van der Waals surface area contributed by atoms with Crippen molar-refractivity contribution in [3.8, 4) is 0 Å². The summed E-state index contributed by atoms with van der Waals surface area (Å²) in [6.45, 7) is 3.58. The number of amides is 1. The molecule has 0 atom stereocenters. The zero-order valence-corrected chi connectivity index (χ0v) is 18.9. The van der Waals surface area contributed by atoms with Crippen LogP contribution in [0.4, 0.5) is 0 Å². The smallest absolute Gasteiger partial charge is 0.230 e. The Morgan fingerprint density at radius 2 is 1.88 bits per heavy atom. The molecular formula is C18H31IN4OS. The van der Waals surface area contributed by atoms with Crippen molar-refractivity contribution in [3.05, 3.63) is 21.9 Å². The van der Waals surface area contributed by atoms with Gasteiger partial charge >= 0.3 is 0 Å². The van der Waals surface area contributed by atoms with E-state index in [-0.39, 0.29) is 35.3 Å². The molecule has 0 radical (unpaired) electrons. The Kier molecular flexibility index (Phi) is 9.20. The highest BCUT2D eigenvalue weighted by Crippen LogP contribution is 2.38. The van der Waals surface area contributed by atoms with Gasteiger partial charge in [-0.05, 0) is 31.4 Å². The van der Waals surface area contributed by atoms with Crippen molar-refractivity contribution in [2.45, 2.75) is 45.6 Å². The minimum absolute atomic E-state index is 0. The first-order valence-corrected chi connectivity index (χ1v) is 9.56. The fourth-order valence-corrected chi connectivity index (χ4v) is 4.24. The normalized spacial score (nSPS) is 16.2. The predicted molar refractivity (Wildman–Crippen MR) is 117 cm³/mol. The maximum atomic E-state index is 12.6. The largest absolute Gasteiger partial charge is 0.355 e. The van der Waals surface area contributed by atoms with E-state index in [9.17, 15) is 4.79 Å². The number of nitrogens with one attached hydrogen (secondary N) is 2. The number of hydrogen-bond acceptors (Lipinski definition) is 3. The first-order chi connectivity index (χ1) is 11.5. The standard InChI is InChI=1S/C18H30N4OS.HI/c1-5-14-8-9-15(24-14)12-20-17(19-2)21-13-18(10-6-7-11-18)16(23)22(3)4;/h8-9H,5-7,10-13H2,1-4H3,(H2,19,20,21);1H. The van der Waals surface area contributed by atoms with Gasteiger partial charge in [0, 0.05) is 37.4 Å². The van der Waals surface area contributed by atoms with Crippen LogP contribution in [0.5, 0.6) is 0 Å². The van der Waals surface area contributed by atoms with Gasteiger partial charge in [0.1, 0.15) is 0 Å². The molecule has 1 aromatic heterocycles. The van der Waals surface area contributed by atoms with E-state index in [1.54, 1.807) is 11.9 Å². The molecule has 2 N–H and O–H groups in total. The lowest BCUT2D eigenvalue weighted by molar-refractivity contribution is -0.138. The van der Waals surface area contributed by atoms with Crippen molar-refractivity contribution in [3.63, 3.8) is 0 Å². The fourth-order valence-electron chi connectivity index (χ4n) is 3.34. The molecule has 7 heteroatoms. The third kappa shape index (κ3) is 5.84. The Morgan fingerprint density at radius 1 is 1.24 bits per heavy atom. The molecule has 0 saturated heterocycles. The number of carbonyl (C=O) groups excluding carboxylic acids is 1. The molecule has 1 amide bonds. The highest BCUT2D eigenvalue weighted by molar-refractivity contribution is 14.0. The lowest BCUT2D eigenvalue weighted by Crippen LogP contribution is -2.49. The summed E-state index contributed by atoms with van der Waals surface area (Å²) in [5.74, 6) is 0.994. The summed E-state index contributed by atoms with van der Waals surface area (Å²) in [5, 5.41) is 6.73. The third-order valence-electron chi connectivity index (χ3n) is 4.73. The van der Waals surface area contributed by atoms with Gasteiger partial charge in [-0.1, -0.05) is 19.8 Å². The van der Waals surface area contributed by atoms with Crippen LogP contribution in [0.25, 0.3) is 0 Å². The van der Waals surface area contributed by atoms with Crippen molar-refractivity contribution in [1.29, 1.82) is 0 Å². The molecule has 1 aliphatic rings. The van der Waals surface area contributed by atoms with Gasteiger partial charge < -0.3 is 15.5 Å². The minimum Gasteiger partial charge on any atom is -0.355 e. The van der Waals surface area contributed by atoms with Crippen molar-refractivity contribution in [2.75, 3.05) is 27.7 Å². The van der Waals surface area contributed by atoms with Crippen LogP contribution in [0.2, 0.25) is 0 Å². The van der Waals surface area contributed by atoms with Crippen LogP contribution in [0, 0.1) is 5.41 Å². The van der Waals surface area contributed by atoms with Crippen LogP contribution in [0.15, 0.2) is 17.1 Å². The quantitative estimate of drug-likeness (QED) is 0.375. The van der Waals surface area contributed by atoms with Gasteiger partial charge in [-0.25, -0.2) is 0 Å². The van der Waals surface area contributed by atoms with E-state index in [0.29, 0.717) is 6.54 Å². The highest BCUT2D eigenvalue weighted by Gasteiger charge is 2.42. The van der Waals surface area contributed by atoms with Crippen molar-refractivity contribution in [1.82, 2.24) is 15.5 Å². The molecule has 1 aliphatic carbocycles. The Labute approximate surface area is 172 Å². The van der Waals surface area contributed by atoms with E-state index in [1.807, 2.05) is 25.4 Å². The van der Waals surface area contributed by atoms with Crippen LogP contribution in [0.1, 0.15) is 42.4 Å². The van der Waals surface area contributed by atoms with Crippen molar-refractivity contribution < 1.29 is 4.79 Å². The van der Waals surface area contributed by atoms with Crippen LogP contribution >= 0.6 is 35.3 Å². The lowest BCUT2D eigenvalue weighted by Gasteiger charge is -2.31. The van der Waals surface area contributed by atoms with Crippen molar-refractivity contribution in [2.24, 2.45) is 10.4 Å². The number of aliphatic imine (C=N–C) groups is 1. The van der Waals surface area contributed by atoms with Gasteiger partial charge in [-0.15, -0.1) is 35.3 Å². The predicted octanol–water partition coefficient (Wildman–Crippen LogP) is 3.24. The fraction of sp³-hybridized carbons (Fsp3) is 0.667. The molecule has 0 bridgehead atoms.